The molecular weight excluding hydrogens is 455 g/mol. The molecule has 0 bridgehead atoms. The number of alkyl halides is 3. The molecule has 1 N–H and O–H groups in total. The number of amides is 1. The van der Waals surface area contributed by atoms with E-state index in [0.717, 1.165) is 10.7 Å². The Hall–Kier alpha value is -3.78. The maximum atomic E-state index is 13.4. The molecule has 0 saturated heterocycles. The number of nitrogens with zero attached hydrogens (tertiary/aromatic N) is 2. The lowest BCUT2D eigenvalue weighted by molar-refractivity contribution is -0.141. The van der Waals surface area contributed by atoms with Gasteiger partial charge in [0, 0.05) is 22.9 Å². The van der Waals surface area contributed by atoms with Gasteiger partial charge >= 0.3 is 6.18 Å². The number of hydrogen-bond donors (Lipinski definition) is 1. The molecule has 0 fully saturated rings. The summed E-state index contributed by atoms with van der Waals surface area (Å²) in [6, 6.07) is 20.5. The first-order chi connectivity index (χ1) is 15.8. The van der Waals surface area contributed by atoms with Crippen molar-refractivity contribution < 1.29 is 22.7 Å². The van der Waals surface area contributed by atoms with Gasteiger partial charge in [0.2, 0.25) is 0 Å². The standard InChI is InChI=1S/C24H17ClF3N3O2/c1-33-18-6-4-5-17(13-18)29-23(32)16-11-9-15(10-12-16)21-14-22(24(26,27)28)30-31(21)20-8-3-2-7-19(20)25/h2-14H,1H3,(H,29,32). The number of hydrogen-bond acceptors (Lipinski definition) is 3. The van der Waals surface area contributed by atoms with Gasteiger partial charge in [-0.3, -0.25) is 4.79 Å². The Kier molecular flexibility index (Phi) is 6.11. The van der Waals surface area contributed by atoms with Crippen LogP contribution in [0.2, 0.25) is 5.02 Å². The van der Waals surface area contributed by atoms with Crippen molar-refractivity contribution in [2.45, 2.75) is 6.18 Å². The summed E-state index contributed by atoms with van der Waals surface area (Å²) in [5.41, 5.74) is 0.782. The van der Waals surface area contributed by atoms with Crippen molar-refractivity contribution in [1.82, 2.24) is 9.78 Å². The molecule has 0 radical (unpaired) electrons. The van der Waals surface area contributed by atoms with Crippen molar-refractivity contribution in [3.63, 3.8) is 0 Å². The molecule has 1 heterocycles. The number of aromatic nitrogens is 2. The van der Waals surface area contributed by atoms with Gasteiger partial charge in [-0.25, -0.2) is 4.68 Å². The summed E-state index contributed by atoms with van der Waals surface area (Å²) in [7, 11) is 1.52. The summed E-state index contributed by atoms with van der Waals surface area (Å²) in [5.74, 6) is 0.224. The minimum absolute atomic E-state index is 0.190. The smallest absolute Gasteiger partial charge is 0.435 e. The molecule has 168 valence electrons. The number of anilines is 1. The maximum Gasteiger partial charge on any atom is 0.435 e. The number of carbonyl (C=O) groups is 1. The number of methoxy groups -OCH3 is 1. The molecule has 0 saturated carbocycles. The fourth-order valence-corrected chi connectivity index (χ4v) is 3.44. The lowest BCUT2D eigenvalue weighted by Gasteiger charge is -2.10. The van der Waals surface area contributed by atoms with E-state index in [2.05, 4.69) is 10.4 Å². The average Bonchev–Trinajstić information content (AvgIpc) is 3.25. The Balaban J connectivity index is 1.66. The van der Waals surface area contributed by atoms with Crippen molar-refractivity contribution in [3.05, 3.63) is 95.1 Å². The first-order valence-corrected chi connectivity index (χ1v) is 10.1. The monoisotopic (exact) mass is 471 g/mol. The summed E-state index contributed by atoms with van der Waals surface area (Å²) in [6.45, 7) is 0. The van der Waals surface area contributed by atoms with Crippen LogP contribution in [0.4, 0.5) is 18.9 Å². The van der Waals surface area contributed by atoms with E-state index in [1.165, 1.54) is 19.2 Å². The minimum atomic E-state index is -4.63. The highest BCUT2D eigenvalue weighted by molar-refractivity contribution is 6.32. The van der Waals surface area contributed by atoms with E-state index in [1.54, 1.807) is 60.7 Å². The van der Waals surface area contributed by atoms with Crippen LogP contribution in [0.1, 0.15) is 16.1 Å². The highest BCUT2D eigenvalue weighted by Crippen LogP contribution is 2.34. The SMILES string of the molecule is COc1cccc(NC(=O)c2ccc(-c3cc(C(F)(F)F)nn3-c3ccccc3Cl)cc2)c1. The molecule has 0 aliphatic heterocycles. The van der Waals surface area contributed by atoms with E-state index in [4.69, 9.17) is 16.3 Å². The molecule has 0 atom stereocenters. The highest BCUT2D eigenvalue weighted by atomic mass is 35.5. The average molecular weight is 472 g/mol. The Morgan fingerprint density at radius 3 is 2.39 bits per heavy atom. The third kappa shape index (κ3) is 4.85. The van der Waals surface area contributed by atoms with Crippen LogP contribution in [-0.2, 0) is 6.18 Å². The van der Waals surface area contributed by atoms with Crippen LogP contribution < -0.4 is 10.1 Å². The largest absolute Gasteiger partial charge is 0.497 e. The third-order valence-corrected chi connectivity index (χ3v) is 5.17. The molecule has 5 nitrogen and oxygen atoms in total. The first-order valence-electron chi connectivity index (χ1n) is 9.74. The fraction of sp³-hybridized carbons (Fsp3) is 0.0833. The van der Waals surface area contributed by atoms with Crippen LogP contribution in [0.25, 0.3) is 16.9 Å². The zero-order valence-electron chi connectivity index (χ0n) is 17.2. The van der Waals surface area contributed by atoms with Crippen molar-refractivity contribution in [1.29, 1.82) is 0 Å². The lowest BCUT2D eigenvalue weighted by atomic mass is 10.1. The van der Waals surface area contributed by atoms with Crippen molar-refractivity contribution in [3.8, 4) is 22.7 Å². The van der Waals surface area contributed by atoms with Crippen LogP contribution >= 0.6 is 11.6 Å². The van der Waals surface area contributed by atoms with E-state index in [0.29, 0.717) is 28.3 Å². The lowest BCUT2D eigenvalue weighted by Crippen LogP contribution is -2.11. The number of rotatable bonds is 5. The molecule has 0 aliphatic carbocycles. The van der Waals surface area contributed by atoms with E-state index >= 15 is 0 Å². The zero-order chi connectivity index (χ0) is 23.6. The summed E-state index contributed by atoms with van der Waals surface area (Å²) >= 11 is 6.20. The molecule has 0 aliphatic rings. The number of carbonyl (C=O) groups excluding carboxylic acids is 1. The van der Waals surface area contributed by atoms with Crippen molar-refractivity contribution in [2.75, 3.05) is 12.4 Å². The van der Waals surface area contributed by atoms with Crippen LogP contribution in [0.5, 0.6) is 5.75 Å². The van der Waals surface area contributed by atoms with E-state index in [-0.39, 0.29) is 16.6 Å². The quantitative estimate of drug-likeness (QED) is 0.363. The summed E-state index contributed by atoms with van der Waals surface area (Å²) in [6.07, 6.45) is -4.63. The predicted molar refractivity (Wildman–Crippen MR) is 120 cm³/mol. The van der Waals surface area contributed by atoms with Crippen LogP contribution in [0.3, 0.4) is 0 Å². The molecule has 1 aromatic heterocycles. The van der Waals surface area contributed by atoms with Gasteiger partial charge in [-0.05, 0) is 42.5 Å². The van der Waals surface area contributed by atoms with Crippen LogP contribution in [0.15, 0.2) is 78.9 Å². The summed E-state index contributed by atoms with van der Waals surface area (Å²) in [4.78, 5) is 12.6. The summed E-state index contributed by atoms with van der Waals surface area (Å²) in [5, 5.41) is 6.75. The number of nitrogens with one attached hydrogen (secondary N) is 1. The zero-order valence-corrected chi connectivity index (χ0v) is 18.0. The van der Waals surface area contributed by atoms with Gasteiger partial charge in [0.1, 0.15) is 5.75 Å². The Labute approximate surface area is 192 Å². The van der Waals surface area contributed by atoms with E-state index < -0.39 is 11.9 Å². The van der Waals surface area contributed by atoms with Crippen LogP contribution in [0, 0.1) is 0 Å². The van der Waals surface area contributed by atoms with E-state index in [9.17, 15) is 18.0 Å². The Morgan fingerprint density at radius 1 is 1.00 bits per heavy atom. The molecule has 9 heteroatoms. The molecule has 33 heavy (non-hydrogen) atoms. The second-order valence-electron chi connectivity index (χ2n) is 7.04. The molecule has 4 aromatic rings. The number of ether oxygens (including phenoxy) is 1. The van der Waals surface area contributed by atoms with Gasteiger partial charge in [0.25, 0.3) is 5.91 Å². The Bertz CT molecular complexity index is 1300. The number of halogens is 4. The normalized spacial score (nSPS) is 11.3. The molecule has 3 aromatic carbocycles. The second kappa shape index (κ2) is 8.99. The third-order valence-electron chi connectivity index (χ3n) is 4.85. The number of para-hydroxylation sites is 1. The maximum absolute atomic E-state index is 13.4. The molecule has 0 spiro atoms. The Morgan fingerprint density at radius 2 is 1.73 bits per heavy atom. The predicted octanol–water partition coefficient (Wildman–Crippen LogP) is 6.47. The second-order valence-corrected chi connectivity index (χ2v) is 7.45. The van der Waals surface area contributed by atoms with Gasteiger partial charge in [0.05, 0.1) is 23.5 Å². The number of benzene rings is 3. The molecule has 1 amide bonds. The van der Waals surface area contributed by atoms with E-state index in [1.807, 2.05) is 0 Å². The molecule has 4 rings (SSSR count). The van der Waals surface area contributed by atoms with Gasteiger partial charge in [0.15, 0.2) is 5.69 Å². The topological polar surface area (TPSA) is 56.1 Å². The molecule has 0 unspecified atom stereocenters. The van der Waals surface area contributed by atoms with Crippen molar-refractivity contribution >= 4 is 23.2 Å². The van der Waals surface area contributed by atoms with Gasteiger partial charge < -0.3 is 10.1 Å². The van der Waals surface area contributed by atoms with Gasteiger partial charge in [-0.15, -0.1) is 0 Å². The van der Waals surface area contributed by atoms with Gasteiger partial charge in [-0.1, -0.05) is 41.9 Å². The first kappa shape index (κ1) is 22.4. The minimum Gasteiger partial charge on any atom is -0.497 e. The molecular formula is C24H17ClF3N3O2. The van der Waals surface area contributed by atoms with Crippen molar-refractivity contribution in [2.24, 2.45) is 0 Å². The highest BCUT2D eigenvalue weighted by Gasteiger charge is 2.35. The van der Waals surface area contributed by atoms with Gasteiger partial charge in [-0.2, -0.15) is 18.3 Å². The fourth-order valence-electron chi connectivity index (χ4n) is 3.23. The summed E-state index contributed by atoms with van der Waals surface area (Å²) < 4.78 is 46.4. The van der Waals surface area contributed by atoms with Crippen LogP contribution in [-0.4, -0.2) is 22.8 Å².